The zero-order valence-corrected chi connectivity index (χ0v) is 15.2. The lowest BCUT2D eigenvalue weighted by molar-refractivity contribution is 0.123. The minimum Gasteiger partial charge on any atom is -0.496 e. The van der Waals surface area contributed by atoms with Crippen LogP contribution in [-0.4, -0.2) is 39.4 Å². The van der Waals surface area contributed by atoms with E-state index >= 15 is 0 Å². The van der Waals surface area contributed by atoms with Crippen molar-refractivity contribution in [3.63, 3.8) is 0 Å². The topological polar surface area (TPSA) is 54.9 Å². The number of nitrogens with zero attached hydrogens (tertiary/aromatic N) is 1. The Bertz CT molecular complexity index is 527. The second-order valence-corrected chi connectivity index (χ2v) is 6.30. The van der Waals surface area contributed by atoms with E-state index < -0.39 is 0 Å². The van der Waals surface area contributed by atoms with Gasteiger partial charge in [-0.15, -0.1) is 0 Å². The van der Waals surface area contributed by atoms with Crippen molar-refractivity contribution in [3.8, 4) is 5.75 Å². The van der Waals surface area contributed by atoms with Crippen LogP contribution in [0.3, 0.4) is 0 Å². The molecule has 1 aromatic carbocycles. The summed E-state index contributed by atoms with van der Waals surface area (Å²) in [6.07, 6.45) is 3.69. The Labute approximate surface area is 145 Å². The van der Waals surface area contributed by atoms with Crippen LogP contribution < -0.4 is 15.4 Å². The van der Waals surface area contributed by atoms with Crippen LogP contribution in [0.15, 0.2) is 23.2 Å². The lowest BCUT2D eigenvalue weighted by Crippen LogP contribution is -2.38. The monoisotopic (exact) mass is 333 g/mol. The normalized spacial score (nSPS) is 14.5. The van der Waals surface area contributed by atoms with E-state index in [1.807, 2.05) is 6.07 Å². The maximum absolute atomic E-state index is 5.65. The van der Waals surface area contributed by atoms with Crippen molar-refractivity contribution in [2.24, 2.45) is 10.9 Å². The Morgan fingerprint density at radius 3 is 2.79 bits per heavy atom. The summed E-state index contributed by atoms with van der Waals surface area (Å²) in [6.45, 7) is 8.26. The van der Waals surface area contributed by atoms with Crippen LogP contribution >= 0.6 is 0 Å². The number of aliphatic imine (C=N–C) groups is 1. The van der Waals surface area contributed by atoms with E-state index in [0.717, 1.165) is 55.9 Å². The molecule has 0 bridgehead atoms. The molecule has 0 aromatic heterocycles. The standard InChI is InChI=1S/C19H31N3O2/c1-4-20-19(21-10-5-11-24-14-16-6-7-16)22-13-17-8-9-18(23-3)15(2)12-17/h8-9,12,16H,4-7,10-11,13-14H2,1-3H3,(H2,20,21,22). The van der Waals surface area contributed by atoms with Crippen LogP contribution in [0.5, 0.6) is 5.75 Å². The number of aryl methyl sites for hydroxylation is 1. The molecule has 0 unspecified atom stereocenters. The summed E-state index contributed by atoms with van der Waals surface area (Å²) in [5.41, 5.74) is 2.31. The molecule has 2 N–H and O–H groups in total. The lowest BCUT2D eigenvalue weighted by Gasteiger charge is -2.12. The third kappa shape index (κ3) is 6.79. The molecule has 1 saturated carbocycles. The SMILES string of the molecule is CCNC(=NCc1ccc(OC)c(C)c1)NCCCOCC1CC1. The quantitative estimate of drug-likeness (QED) is 0.393. The van der Waals surface area contributed by atoms with Crippen LogP contribution in [0.1, 0.15) is 37.3 Å². The zero-order chi connectivity index (χ0) is 17.2. The van der Waals surface area contributed by atoms with E-state index in [-0.39, 0.29) is 0 Å². The molecule has 134 valence electrons. The predicted octanol–water partition coefficient (Wildman–Crippen LogP) is 2.88. The summed E-state index contributed by atoms with van der Waals surface area (Å²) in [5.74, 6) is 2.61. The van der Waals surface area contributed by atoms with Crippen LogP contribution in [0.2, 0.25) is 0 Å². The van der Waals surface area contributed by atoms with Gasteiger partial charge in [-0.25, -0.2) is 4.99 Å². The maximum Gasteiger partial charge on any atom is 0.191 e. The van der Waals surface area contributed by atoms with Gasteiger partial charge in [0.1, 0.15) is 5.75 Å². The van der Waals surface area contributed by atoms with Gasteiger partial charge in [-0.2, -0.15) is 0 Å². The highest BCUT2D eigenvalue weighted by atomic mass is 16.5. The molecule has 0 atom stereocenters. The molecule has 2 rings (SSSR count). The number of rotatable bonds is 10. The molecule has 0 saturated heterocycles. The van der Waals surface area contributed by atoms with Crippen molar-refractivity contribution in [1.82, 2.24) is 10.6 Å². The van der Waals surface area contributed by atoms with Crippen molar-refractivity contribution in [3.05, 3.63) is 29.3 Å². The molecule has 0 radical (unpaired) electrons. The van der Waals surface area contributed by atoms with E-state index in [9.17, 15) is 0 Å². The first-order chi connectivity index (χ1) is 11.7. The van der Waals surface area contributed by atoms with Gasteiger partial charge >= 0.3 is 0 Å². The highest BCUT2D eigenvalue weighted by Crippen LogP contribution is 2.28. The van der Waals surface area contributed by atoms with Gasteiger partial charge in [0.25, 0.3) is 0 Å². The van der Waals surface area contributed by atoms with Crippen molar-refractivity contribution in [2.75, 3.05) is 33.4 Å². The number of hydrogen-bond acceptors (Lipinski definition) is 3. The van der Waals surface area contributed by atoms with Gasteiger partial charge in [0.15, 0.2) is 5.96 Å². The highest BCUT2D eigenvalue weighted by molar-refractivity contribution is 5.79. The predicted molar refractivity (Wildman–Crippen MR) is 98.7 cm³/mol. The second kappa shape index (κ2) is 10.2. The van der Waals surface area contributed by atoms with Gasteiger partial charge in [-0.05, 0) is 56.2 Å². The van der Waals surface area contributed by atoms with E-state index in [2.05, 4.69) is 41.6 Å². The zero-order valence-electron chi connectivity index (χ0n) is 15.2. The number of hydrogen-bond donors (Lipinski definition) is 2. The fourth-order valence-corrected chi connectivity index (χ4v) is 2.47. The van der Waals surface area contributed by atoms with Gasteiger partial charge in [0, 0.05) is 26.3 Å². The van der Waals surface area contributed by atoms with E-state index in [4.69, 9.17) is 9.47 Å². The van der Waals surface area contributed by atoms with E-state index in [1.165, 1.54) is 18.4 Å². The van der Waals surface area contributed by atoms with E-state index in [0.29, 0.717) is 6.54 Å². The lowest BCUT2D eigenvalue weighted by atomic mass is 10.1. The molecule has 5 nitrogen and oxygen atoms in total. The van der Waals surface area contributed by atoms with Crippen molar-refractivity contribution in [1.29, 1.82) is 0 Å². The summed E-state index contributed by atoms with van der Waals surface area (Å²) in [7, 11) is 1.70. The molecular formula is C19H31N3O2. The largest absolute Gasteiger partial charge is 0.496 e. The Kier molecular flexibility index (Phi) is 7.89. The number of guanidine groups is 1. The Balaban J connectivity index is 1.73. The highest BCUT2D eigenvalue weighted by Gasteiger charge is 2.20. The van der Waals surface area contributed by atoms with Gasteiger partial charge in [-0.1, -0.05) is 12.1 Å². The number of nitrogens with one attached hydrogen (secondary N) is 2. The smallest absolute Gasteiger partial charge is 0.191 e. The number of methoxy groups -OCH3 is 1. The first-order valence-corrected chi connectivity index (χ1v) is 8.96. The summed E-state index contributed by atoms with van der Waals surface area (Å²) in [6, 6.07) is 6.18. The van der Waals surface area contributed by atoms with Crippen molar-refractivity contribution >= 4 is 5.96 Å². The van der Waals surface area contributed by atoms with Crippen molar-refractivity contribution in [2.45, 2.75) is 39.7 Å². The molecule has 1 aliphatic rings. The van der Waals surface area contributed by atoms with Crippen LogP contribution in [0.4, 0.5) is 0 Å². The molecular weight excluding hydrogens is 302 g/mol. The van der Waals surface area contributed by atoms with Crippen molar-refractivity contribution < 1.29 is 9.47 Å². The van der Waals surface area contributed by atoms with E-state index in [1.54, 1.807) is 7.11 Å². The summed E-state index contributed by atoms with van der Waals surface area (Å²) in [5, 5.41) is 6.65. The number of benzene rings is 1. The average Bonchev–Trinajstić information content (AvgIpc) is 3.40. The minimum absolute atomic E-state index is 0.651. The third-order valence-electron chi connectivity index (χ3n) is 4.03. The summed E-state index contributed by atoms with van der Waals surface area (Å²) >= 11 is 0. The first kappa shape index (κ1) is 18.6. The molecule has 1 fully saturated rings. The molecule has 1 aliphatic carbocycles. The fraction of sp³-hybridized carbons (Fsp3) is 0.632. The van der Waals surface area contributed by atoms with Gasteiger partial charge in [-0.3, -0.25) is 0 Å². The third-order valence-corrected chi connectivity index (χ3v) is 4.03. The molecule has 5 heteroatoms. The summed E-state index contributed by atoms with van der Waals surface area (Å²) < 4.78 is 10.9. The molecule has 0 amide bonds. The minimum atomic E-state index is 0.651. The van der Waals surface area contributed by atoms with Gasteiger partial charge in [0.2, 0.25) is 0 Å². The molecule has 0 heterocycles. The van der Waals surface area contributed by atoms with Crippen LogP contribution in [0, 0.1) is 12.8 Å². The molecule has 0 spiro atoms. The molecule has 1 aromatic rings. The van der Waals surface area contributed by atoms with Gasteiger partial charge in [0.05, 0.1) is 13.7 Å². The Morgan fingerprint density at radius 1 is 1.29 bits per heavy atom. The van der Waals surface area contributed by atoms with Crippen LogP contribution in [0.25, 0.3) is 0 Å². The number of ether oxygens (including phenoxy) is 2. The summed E-state index contributed by atoms with van der Waals surface area (Å²) in [4.78, 5) is 4.65. The van der Waals surface area contributed by atoms with Crippen LogP contribution in [-0.2, 0) is 11.3 Å². The second-order valence-electron chi connectivity index (χ2n) is 6.30. The maximum atomic E-state index is 5.65. The first-order valence-electron chi connectivity index (χ1n) is 8.96. The molecule has 24 heavy (non-hydrogen) atoms. The van der Waals surface area contributed by atoms with Gasteiger partial charge < -0.3 is 20.1 Å². The average molecular weight is 333 g/mol. The Hall–Kier alpha value is -1.75. The molecule has 0 aliphatic heterocycles. The fourth-order valence-electron chi connectivity index (χ4n) is 2.47. The Morgan fingerprint density at radius 2 is 2.12 bits per heavy atom.